The van der Waals surface area contributed by atoms with Crippen LogP contribution in [0.25, 0.3) is 0 Å². The van der Waals surface area contributed by atoms with Crippen molar-refractivity contribution in [1.29, 1.82) is 0 Å². The van der Waals surface area contributed by atoms with Gasteiger partial charge in [0, 0.05) is 26.8 Å². The van der Waals surface area contributed by atoms with Gasteiger partial charge in [-0.2, -0.15) is 0 Å². The highest BCUT2D eigenvalue weighted by molar-refractivity contribution is 8.02. The summed E-state index contributed by atoms with van der Waals surface area (Å²) in [5, 5.41) is 0. The van der Waals surface area contributed by atoms with Crippen molar-refractivity contribution in [1.82, 2.24) is 0 Å². The van der Waals surface area contributed by atoms with E-state index in [1.807, 2.05) is 12.3 Å². The zero-order valence-electron chi connectivity index (χ0n) is 15.9. The molecular weight excluding hydrogens is 340 g/mol. The summed E-state index contributed by atoms with van der Waals surface area (Å²) in [5.74, 6) is -0.629. The number of hydrogen-bond acceptors (Lipinski definition) is 5. The lowest BCUT2D eigenvalue weighted by Gasteiger charge is -2.21. The van der Waals surface area contributed by atoms with Crippen LogP contribution in [0.15, 0.2) is 23.1 Å². The molecule has 4 nitrogen and oxygen atoms in total. The average Bonchev–Trinajstić information content (AvgIpc) is 2.44. The third kappa shape index (κ3) is 12.4. The third-order valence-corrected chi connectivity index (χ3v) is 6.07. The first-order valence-corrected chi connectivity index (χ1v) is 13.2. The Bertz CT molecular complexity index is 466. The van der Waals surface area contributed by atoms with Crippen molar-refractivity contribution in [3.05, 3.63) is 23.1 Å². The predicted molar refractivity (Wildman–Crippen MR) is 105 cm³/mol. The second-order valence-corrected chi connectivity index (χ2v) is 13.6. The van der Waals surface area contributed by atoms with Gasteiger partial charge in [-0.3, -0.25) is 9.59 Å². The highest BCUT2D eigenvalue weighted by atomic mass is 32.2. The maximum Gasteiger partial charge on any atom is 0.303 e. The van der Waals surface area contributed by atoms with Crippen LogP contribution in [0.1, 0.15) is 33.1 Å². The van der Waals surface area contributed by atoms with E-state index in [1.165, 1.54) is 37.2 Å². The number of allylic oxidation sites excluding steroid dienone is 1. The molecule has 0 fully saturated rings. The second-order valence-electron chi connectivity index (χ2n) is 7.06. The minimum atomic E-state index is -1.07. The van der Waals surface area contributed by atoms with Gasteiger partial charge in [0.1, 0.15) is 12.7 Å². The quantitative estimate of drug-likeness (QED) is 0.296. The molecule has 0 saturated heterocycles. The van der Waals surface area contributed by atoms with Crippen molar-refractivity contribution < 1.29 is 19.1 Å². The summed E-state index contributed by atoms with van der Waals surface area (Å²) in [6.45, 7) is 14.2. The molecule has 1 unspecified atom stereocenters. The molecule has 0 heterocycles. The highest BCUT2D eigenvalue weighted by Gasteiger charge is 2.18. The van der Waals surface area contributed by atoms with Crippen LogP contribution in [0.2, 0.25) is 25.7 Å². The van der Waals surface area contributed by atoms with Crippen molar-refractivity contribution >= 4 is 31.8 Å². The highest BCUT2D eigenvalue weighted by Crippen LogP contribution is 2.26. The Morgan fingerprint density at radius 3 is 2.25 bits per heavy atom. The summed E-state index contributed by atoms with van der Waals surface area (Å²) in [5.41, 5.74) is 1.20. The summed E-state index contributed by atoms with van der Waals surface area (Å²) in [4.78, 5) is 23.2. The van der Waals surface area contributed by atoms with E-state index in [0.717, 1.165) is 17.7 Å². The van der Waals surface area contributed by atoms with E-state index >= 15 is 0 Å². The number of hydrogen-bond donors (Lipinski definition) is 0. The number of thioether (sulfide) groups is 1. The molecule has 0 aromatic carbocycles. The molecule has 0 aromatic heterocycles. The zero-order valence-corrected chi connectivity index (χ0v) is 17.8. The fourth-order valence-corrected chi connectivity index (χ4v) is 3.83. The van der Waals surface area contributed by atoms with Crippen LogP contribution in [0.5, 0.6) is 0 Å². The summed E-state index contributed by atoms with van der Waals surface area (Å²) in [7, 11) is -1.07. The molecule has 1 atom stereocenters. The maximum atomic E-state index is 11.4. The fourth-order valence-electron chi connectivity index (χ4n) is 2.06. The van der Waals surface area contributed by atoms with Crippen molar-refractivity contribution in [3.63, 3.8) is 0 Å². The van der Waals surface area contributed by atoms with E-state index in [9.17, 15) is 9.59 Å². The Balaban J connectivity index is 4.71. The van der Waals surface area contributed by atoms with Crippen LogP contribution >= 0.6 is 11.8 Å². The third-order valence-electron chi connectivity index (χ3n) is 3.42. The Morgan fingerprint density at radius 1 is 1.17 bits per heavy atom. The van der Waals surface area contributed by atoms with Crippen LogP contribution in [-0.4, -0.2) is 39.0 Å². The molecule has 0 aromatic rings. The van der Waals surface area contributed by atoms with Gasteiger partial charge >= 0.3 is 11.9 Å². The van der Waals surface area contributed by atoms with Crippen LogP contribution < -0.4 is 0 Å². The van der Waals surface area contributed by atoms with Gasteiger partial charge in [0.25, 0.3) is 0 Å². The molecule has 0 N–H and O–H groups in total. The standard InChI is InChI=1S/C18H32O4SSi/c1-14(11-13-24(5,6)7)8-9-17(22-16(3)20)18(23-4)10-12-21-15(2)19/h10,17H,1,8-9,11-13H2,2-7H3/b18-10-. The summed E-state index contributed by atoms with van der Waals surface area (Å²) < 4.78 is 10.4. The molecule has 0 radical (unpaired) electrons. The molecule has 0 amide bonds. The van der Waals surface area contributed by atoms with Gasteiger partial charge in [-0.25, -0.2) is 0 Å². The molecule has 0 saturated carbocycles. The van der Waals surface area contributed by atoms with Crippen LogP contribution in [0.4, 0.5) is 0 Å². The summed E-state index contributed by atoms with van der Waals surface area (Å²) in [6, 6.07) is 1.22. The zero-order chi connectivity index (χ0) is 18.8. The van der Waals surface area contributed by atoms with E-state index in [-0.39, 0.29) is 24.6 Å². The predicted octanol–water partition coefficient (Wildman–Crippen LogP) is 4.79. The largest absolute Gasteiger partial charge is 0.462 e. The summed E-state index contributed by atoms with van der Waals surface area (Å²) >= 11 is 1.51. The average molecular weight is 373 g/mol. The Hall–Kier alpha value is -1.01. The van der Waals surface area contributed by atoms with Crippen molar-refractivity contribution in [3.8, 4) is 0 Å². The van der Waals surface area contributed by atoms with Gasteiger partial charge in [0.05, 0.1) is 0 Å². The first-order chi connectivity index (χ1) is 11.0. The molecule has 0 aliphatic heterocycles. The number of ether oxygens (including phenoxy) is 2. The molecule has 6 heteroatoms. The SMILES string of the molecule is C=C(CCC(OC(C)=O)/C(=C/COC(C)=O)SC)CC[Si](C)(C)C. The van der Waals surface area contributed by atoms with E-state index in [0.29, 0.717) is 6.42 Å². The number of carbonyl (C=O) groups excluding carboxylic acids is 2. The van der Waals surface area contributed by atoms with Gasteiger partial charge in [-0.1, -0.05) is 37.8 Å². The Kier molecular flexibility index (Phi) is 11.0. The molecular formula is C18H32O4SSi. The van der Waals surface area contributed by atoms with Gasteiger partial charge < -0.3 is 9.47 Å². The smallest absolute Gasteiger partial charge is 0.303 e. The molecule has 0 bridgehead atoms. The van der Waals surface area contributed by atoms with Crippen LogP contribution in [0.3, 0.4) is 0 Å². The monoisotopic (exact) mass is 372 g/mol. The molecule has 24 heavy (non-hydrogen) atoms. The molecule has 0 aliphatic carbocycles. The fraction of sp³-hybridized carbons (Fsp3) is 0.667. The lowest BCUT2D eigenvalue weighted by molar-refractivity contribution is -0.145. The minimum absolute atomic E-state index is 0.194. The van der Waals surface area contributed by atoms with Crippen molar-refractivity contribution in [2.45, 2.75) is 64.9 Å². The van der Waals surface area contributed by atoms with E-state index < -0.39 is 8.07 Å². The van der Waals surface area contributed by atoms with E-state index in [2.05, 4.69) is 26.2 Å². The molecule has 138 valence electrons. The first kappa shape index (κ1) is 23.0. The van der Waals surface area contributed by atoms with E-state index in [1.54, 1.807) is 0 Å². The first-order valence-electron chi connectivity index (χ1n) is 8.26. The second kappa shape index (κ2) is 11.5. The van der Waals surface area contributed by atoms with Crippen LogP contribution in [-0.2, 0) is 19.1 Å². The van der Waals surface area contributed by atoms with Gasteiger partial charge in [-0.05, 0) is 31.6 Å². The molecule has 0 spiro atoms. The molecule has 0 aliphatic rings. The molecule has 0 rings (SSSR count). The topological polar surface area (TPSA) is 52.6 Å². The van der Waals surface area contributed by atoms with Crippen LogP contribution in [0, 0.1) is 0 Å². The number of carbonyl (C=O) groups is 2. The Labute approximate surface area is 152 Å². The lowest BCUT2D eigenvalue weighted by atomic mass is 10.1. The van der Waals surface area contributed by atoms with Gasteiger partial charge in [-0.15, -0.1) is 11.8 Å². The Morgan fingerprint density at radius 2 is 1.79 bits per heavy atom. The summed E-state index contributed by atoms with van der Waals surface area (Å²) in [6.07, 6.45) is 6.00. The maximum absolute atomic E-state index is 11.4. The van der Waals surface area contributed by atoms with Gasteiger partial charge in [0.15, 0.2) is 0 Å². The number of esters is 2. The van der Waals surface area contributed by atoms with Crippen molar-refractivity contribution in [2.24, 2.45) is 0 Å². The lowest BCUT2D eigenvalue weighted by Crippen LogP contribution is -2.20. The number of rotatable bonds is 11. The minimum Gasteiger partial charge on any atom is -0.462 e. The van der Waals surface area contributed by atoms with Gasteiger partial charge in [0.2, 0.25) is 0 Å². The normalized spacial score (nSPS) is 13.3. The van der Waals surface area contributed by atoms with Crippen molar-refractivity contribution in [2.75, 3.05) is 12.9 Å². The van der Waals surface area contributed by atoms with E-state index in [4.69, 9.17) is 9.47 Å².